The van der Waals surface area contributed by atoms with Crippen LogP contribution in [0.15, 0.2) is 0 Å². The molecule has 2 nitrogen and oxygen atoms in total. The first-order chi connectivity index (χ1) is 5.00. The Bertz CT molecular complexity index is 45.3. The van der Waals surface area contributed by atoms with Crippen molar-refractivity contribution in [2.24, 2.45) is 0 Å². The second kappa shape index (κ2) is 8.73. The average Bonchev–Trinajstić information content (AvgIpc) is 2.67. The SMILES string of the molecule is C1CCOC1.C1CCOC1.[Ti]. The van der Waals surface area contributed by atoms with E-state index in [1.54, 1.807) is 0 Å². The molecule has 0 N–H and O–H groups in total. The van der Waals surface area contributed by atoms with Crippen molar-refractivity contribution in [2.45, 2.75) is 25.7 Å². The van der Waals surface area contributed by atoms with Crippen LogP contribution in [0, 0.1) is 0 Å². The van der Waals surface area contributed by atoms with Gasteiger partial charge in [-0.05, 0) is 25.7 Å². The fraction of sp³-hybridized carbons (Fsp3) is 1.00. The van der Waals surface area contributed by atoms with Crippen LogP contribution in [0.1, 0.15) is 25.7 Å². The number of rotatable bonds is 0. The van der Waals surface area contributed by atoms with Gasteiger partial charge < -0.3 is 9.47 Å². The van der Waals surface area contributed by atoms with Gasteiger partial charge in [0.2, 0.25) is 0 Å². The van der Waals surface area contributed by atoms with E-state index in [2.05, 4.69) is 0 Å². The monoisotopic (exact) mass is 192 g/mol. The van der Waals surface area contributed by atoms with Crippen molar-refractivity contribution in [3.05, 3.63) is 0 Å². The maximum absolute atomic E-state index is 4.94. The summed E-state index contributed by atoms with van der Waals surface area (Å²) < 4.78 is 9.89. The molecule has 2 aliphatic heterocycles. The van der Waals surface area contributed by atoms with Crippen LogP contribution in [0.5, 0.6) is 0 Å². The van der Waals surface area contributed by atoms with Crippen LogP contribution in [0.3, 0.4) is 0 Å². The normalized spacial score (nSPS) is 21.8. The minimum Gasteiger partial charge on any atom is -0.381 e. The van der Waals surface area contributed by atoms with E-state index >= 15 is 0 Å². The topological polar surface area (TPSA) is 18.5 Å². The largest absolute Gasteiger partial charge is 0.381 e. The molecule has 2 heterocycles. The van der Waals surface area contributed by atoms with E-state index in [-0.39, 0.29) is 21.7 Å². The molecule has 0 atom stereocenters. The Morgan fingerprint density at radius 1 is 0.545 bits per heavy atom. The Balaban J connectivity index is 0.000000167. The van der Waals surface area contributed by atoms with Gasteiger partial charge in [0.15, 0.2) is 0 Å². The van der Waals surface area contributed by atoms with Crippen LogP contribution in [0.4, 0.5) is 0 Å². The zero-order chi connectivity index (χ0) is 7.07. The zero-order valence-electron chi connectivity index (χ0n) is 6.97. The molecular formula is C8H16O2Ti. The molecule has 0 unspecified atom stereocenters. The Labute approximate surface area is 83.5 Å². The van der Waals surface area contributed by atoms with Crippen molar-refractivity contribution in [1.82, 2.24) is 0 Å². The first-order valence-electron chi connectivity index (χ1n) is 4.15. The van der Waals surface area contributed by atoms with Crippen molar-refractivity contribution < 1.29 is 31.2 Å². The molecule has 2 rings (SSSR count). The molecule has 64 valence electrons. The maximum atomic E-state index is 4.94. The summed E-state index contributed by atoms with van der Waals surface area (Å²) in [5.74, 6) is 0. The van der Waals surface area contributed by atoms with Crippen LogP contribution in [0.2, 0.25) is 0 Å². The van der Waals surface area contributed by atoms with E-state index in [0.29, 0.717) is 0 Å². The number of hydrogen-bond acceptors (Lipinski definition) is 2. The Hall–Kier alpha value is 0.634. The third kappa shape index (κ3) is 7.01. The van der Waals surface area contributed by atoms with Gasteiger partial charge in [-0.15, -0.1) is 0 Å². The summed E-state index contributed by atoms with van der Waals surface area (Å²) >= 11 is 0. The molecule has 3 heteroatoms. The minimum atomic E-state index is 0. The van der Waals surface area contributed by atoms with Crippen molar-refractivity contribution in [3.8, 4) is 0 Å². The molecule has 2 fully saturated rings. The van der Waals surface area contributed by atoms with Gasteiger partial charge in [-0.1, -0.05) is 0 Å². The Kier molecular flexibility index (Phi) is 9.23. The molecule has 11 heavy (non-hydrogen) atoms. The predicted molar refractivity (Wildman–Crippen MR) is 40.1 cm³/mol. The Morgan fingerprint density at radius 3 is 0.909 bits per heavy atom. The van der Waals surface area contributed by atoms with E-state index in [1.807, 2.05) is 0 Å². The van der Waals surface area contributed by atoms with Gasteiger partial charge in [0.1, 0.15) is 0 Å². The molecule has 0 radical (unpaired) electrons. The number of hydrogen-bond donors (Lipinski definition) is 0. The van der Waals surface area contributed by atoms with Gasteiger partial charge in [0.05, 0.1) is 0 Å². The van der Waals surface area contributed by atoms with Crippen LogP contribution < -0.4 is 0 Å². The molecule has 0 aliphatic carbocycles. The fourth-order valence-electron chi connectivity index (χ4n) is 1.02. The van der Waals surface area contributed by atoms with Crippen LogP contribution in [0.25, 0.3) is 0 Å². The molecule has 0 spiro atoms. The first kappa shape index (κ1) is 11.6. The molecule has 0 bridgehead atoms. The van der Waals surface area contributed by atoms with Gasteiger partial charge in [-0.3, -0.25) is 0 Å². The molecule has 0 aromatic rings. The summed E-state index contributed by atoms with van der Waals surface area (Å²) in [6.07, 6.45) is 5.11. The van der Waals surface area contributed by atoms with E-state index in [1.165, 1.54) is 25.7 Å². The number of ether oxygens (including phenoxy) is 2. The molecular weight excluding hydrogens is 176 g/mol. The summed E-state index contributed by atoms with van der Waals surface area (Å²) in [7, 11) is 0. The maximum Gasteiger partial charge on any atom is 0.0466 e. The van der Waals surface area contributed by atoms with Gasteiger partial charge in [-0.25, -0.2) is 0 Å². The van der Waals surface area contributed by atoms with E-state index in [9.17, 15) is 0 Å². The van der Waals surface area contributed by atoms with Crippen LogP contribution in [-0.2, 0) is 31.2 Å². The molecule has 2 saturated heterocycles. The van der Waals surface area contributed by atoms with E-state index in [4.69, 9.17) is 9.47 Å². The zero-order valence-corrected chi connectivity index (χ0v) is 8.53. The molecule has 0 aromatic heterocycles. The van der Waals surface area contributed by atoms with E-state index < -0.39 is 0 Å². The van der Waals surface area contributed by atoms with Crippen molar-refractivity contribution in [3.63, 3.8) is 0 Å². The van der Waals surface area contributed by atoms with Crippen molar-refractivity contribution in [1.29, 1.82) is 0 Å². The predicted octanol–water partition coefficient (Wildman–Crippen LogP) is 1.59. The Morgan fingerprint density at radius 2 is 0.818 bits per heavy atom. The van der Waals surface area contributed by atoms with Crippen molar-refractivity contribution in [2.75, 3.05) is 26.4 Å². The van der Waals surface area contributed by atoms with Crippen molar-refractivity contribution >= 4 is 0 Å². The van der Waals surface area contributed by atoms with Gasteiger partial charge >= 0.3 is 0 Å². The summed E-state index contributed by atoms with van der Waals surface area (Å²) in [5.41, 5.74) is 0. The fourth-order valence-corrected chi connectivity index (χ4v) is 1.02. The van der Waals surface area contributed by atoms with E-state index in [0.717, 1.165) is 26.4 Å². The third-order valence-electron chi connectivity index (χ3n) is 1.65. The minimum absolute atomic E-state index is 0. The second-order valence-electron chi connectivity index (χ2n) is 2.64. The second-order valence-corrected chi connectivity index (χ2v) is 2.64. The summed E-state index contributed by atoms with van der Waals surface area (Å²) in [5, 5.41) is 0. The van der Waals surface area contributed by atoms with Gasteiger partial charge in [0, 0.05) is 48.1 Å². The smallest absolute Gasteiger partial charge is 0.0466 e. The summed E-state index contributed by atoms with van der Waals surface area (Å²) in [6, 6.07) is 0. The van der Waals surface area contributed by atoms with Crippen LogP contribution in [-0.4, -0.2) is 26.4 Å². The standard InChI is InChI=1S/2C4H8O.Ti/c2*1-2-4-5-3-1;/h2*1-4H2;. The molecule has 0 saturated carbocycles. The quantitative estimate of drug-likeness (QED) is 0.542. The molecule has 0 aromatic carbocycles. The summed E-state index contributed by atoms with van der Waals surface area (Å²) in [6.45, 7) is 4.00. The van der Waals surface area contributed by atoms with Gasteiger partial charge in [-0.2, -0.15) is 0 Å². The first-order valence-corrected chi connectivity index (χ1v) is 4.15. The van der Waals surface area contributed by atoms with Gasteiger partial charge in [0.25, 0.3) is 0 Å². The molecule has 2 aliphatic rings. The average molecular weight is 192 g/mol. The summed E-state index contributed by atoms with van der Waals surface area (Å²) in [4.78, 5) is 0. The molecule has 0 amide bonds. The van der Waals surface area contributed by atoms with Crippen LogP contribution >= 0.6 is 0 Å². The third-order valence-corrected chi connectivity index (χ3v) is 1.65.